The van der Waals surface area contributed by atoms with Gasteiger partial charge in [0.15, 0.2) is 5.82 Å². The van der Waals surface area contributed by atoms with Gasteiger partial charge in [-0.05, 0) is 39.2 Å². The Morgan fingerprint density at radius 1 is 1.29 bits per heavy atom. The van der Waals surface area contributed by atoms with Crippen LogP contribution in [0.1, 0.15) is 56.2 Å². The van der Waals surface area contributed by atoms with Crippen molar-refractivity contribution >= 4 is 5.91 Å². The van der Waals surface area contributed by atoms with Crippen molar-refractivity contribution in [3.8, 4) is 0 Å². The van der Waals surface area contributed by atoms with E-state index in [-0.39, 0.29) is 17.9 Å². The molecule has 1 amide bonds. The first-order valence-electron chi connectivity index (χ1n) is 8.20. The molecule has 3 heterocycles. The van der Waals surface area contributed by atoms with Crippen LogP contribution in [0.25, 0.3) is 0 Å². The number of hydrogen-bond donors (Lipinski definition) is 1. The first-order chi connectivity index (χ1) is 10.2. The average molecular weight is 289 g/mol. The first-order valence-corrected chi connectivity index (χ1v) is 8.20. The van der Waals surface area contributed by atoms with Crippen molar-refractivity contribution in [1.29, 1.82) is 0 Å². The quantitative estimate of drug-likeness (QED) is 0.884. The zero-order chi connectivity index (χ0) is 14.4. The highest BCUT2D eigenvalue weighted by atomic mass is 16.2. The van der Waals surface area contributed by atoms with Crippen LogP contribution in [0.2, 0.25) is 0 Å². The van der Waals surface area contributed by atoms with Crippen LogP contribution in [0.3, 0.4) is 0 Å². The summed E-state index contributed by atoms with van der Waals surface area (Å²) in [4.78, 5) is 19.5. The Morgan fingerprint density at radius 3 is 2.86 bits per heavy atom. The number of aromatic nitrogens is 3. The Bertz CT molecular complexity index is 544. The van der Waals surface area contributed by atoms with Gasteiger partial charge in [-0.3, -0.25) is 4.79 Å². The van der Waals surface area contributed by atoms with Gasteiger partial charge >= 0.3 is 0 Å². The highest BCUT2D eigenvalue weighted by Gasteiger charge is 2.36. The molecule has 114 valence electrons. The number of piperidine rings is 1. The van der Waals surface area contributed by atoms with Crippen molar-refractivity contribution in [2.24, 2.45) is 5.92 Å². The van der Waals surface area contributed by atoms with Gasteiger partial charge in [0.2, 0.25) is 5.91 Å². The topological polar surface area (TPSA) is 63.1 Å². The number of carbonyl (C=O) groups is 1. The Labute approximate surface area is 124 Å². The molecule has 1 aliphatic carbocycles. The molecule has 21 heavy (non-hydrogen) atoms. The number of fused-ring (bicyclic) bond motifs is 1. The van der Waals surface area contributed by atoms with Gasteiger partial charge in [-0.15, -0.1) is 0 Å². The second-order valence-electron chi connectivity index (χ2n) is 6.58. The molecule has 6 nitrogen and oxygen atoms in total. The summed E-state index contributed by atoms with van der Waals surface area (Å²) in [6.07, 6.45) is 4.54. The lowest BCUT2D eigenvalue weighted by molar-refractivity contribution is -0.139. The van der Waals surface area contributed by atoms with Crippen molar-refractivity contribution in [1.82, 2.24) is 25.0 Å². The molecule has 2 aliphatic heterocycles. The van der Waals surface area contributed by atoms with Crippen molar-refractivity contribution in [3.05, 3.63) is 11.6 Å². The number of nitrogens with one attached hydrogen (secondary N) is 1. The summed E-state index contributed by atoms with van der Waals surface area (Å²) in [6.45, 7) is 5.49. The molecule has 0 radical (unpaired) electrons. The van der Waals surface area contributed by atoms with E-state index < -0.39 is 0 Å². The molecule has 4 rings (SSSR count). The Hall–Kier alpha value is -1.43. The molecule has 1 aromatic heterocycles. The van der Waals surface area contributed by atoms with E-state index in [2.05, 4.69) is 17.3 Å². The SMILES string of the molecule is C[C@@H]1c2nc(C3CC3)nn2CCN1C(=O)[C@@H]1CCCNC1. The van der Waals surface area contributed by atoms with Gasteiger partial charge in [0.25, 0.3) is 0 Å². The Kier molecular flexibility index (Phi) is 3.21. The summed E-state index contributed by atoms with van der Waals surface area (Å²) in [7, 11) is 0. The fourth-order valence-corrected chi connectivity index (χ4v) is 3.49. The minimum atomic E-state index is 0.0492. The number of rotatable bonds is 2. The van der Waals surface area contributed by atoms with Gasteiger partial charge in [-0.2, -0.15) is 5.10 Å². The molecule has 2 fully saturated rings. The minimum Gasteiger partial charge on any atom is -0.331 e. The highest BCUT2D eigenvalue weighted by Crippen LogP contribution is 2.39. The second kappa shape index (κ2) is 5.09. The Morgan fingerprint density at radius 2 is 2.14 bits per heavy atom. The largest absolute Gasteiger partial charge is 0.331 e. The minimum absolute atomic E-state index is 0.0492. The van der Waals surface area contributed by atoms with Crippen LogP contribution in [-0.2, 0) is 11.3 Å². The van der Waals surface area contributed by atoms with Crippen LogP contribution in [-0.4, -0.2) is 45.2 Å². The van der Waals surface area contributed by atoms with Crippen LogP contribution in [0.5, 0.6) is 0 Å². The summed E-state index contributed by atoms with van der Waals surface area (Å²) in [5, 5.41) is 7.96. The van der Waals surface area contributed by atoms with Crippen LogP contribution in [0.15, 0.2) is 0 Å². The molecule has 0 bridgehead atoms. The first kappa shape index (κ1) is 13.2. The smallest absolute Gasteiger partial charge is 0.227 e. The summed E-state index contributed by atoms with van der Waals surface area (Å²) in [5.74, 6) is 2.96. The zero-order valence-corrected chi connectivity index (χ0v) is 12.6. The molecule has 1 aromatic rings. The van der Waals surface area contributed by atoms with Crippen LogP contribution >= 0.6 is 0 Å². The fourth-order valence-electron chi connectivity index (χ4n) is 3.49. The molecule has 0 aromatic carbocycles. The van der Waals surface area contributed by atoms with E-state index in [1.165, 1.54) is 12.8 Å². The van der Waals surface area contributed by atoms with E-state index in [0.717, 1.165) is 50.7 Å². The number of amides is 1. The zero-order valence-electron chi connectivity index (χ0n) is 12.6. The van der Waals surface area contributed by atoms with Gasteiger partial charge in [-0.25, -0.2) is 9.67 Å². The lowest BCUT2D eigenvalue weighted by Gasteiger charge is -2.36. The van der Waals surface area contributed by atoms with E-state index in [0.29, 0.717) is 5.92 Å². The number of carbonyl (C=O) groups excluding carboxylic acids is 1. The van der Waals surface area contributed by atoms with E-state index in [9.17, 15) is 4.79 Å². The lowest BCUT2D eigenvalue weighted by Crippen LogP contribution is -2.47. The average Bonchev–Trinajstić information content (AvgIpc) is 3.27. The van der Waals surface area contributed by atoms with Crippen LogP contribution in [0.4, 0.5) is 0 Å². The van der Waals surface area contributed by atoms with Gasteiger partial charge in [0.05, 0.1) is 18.5 Å². The second-order valence-corrected chi connectivity index (χ2v) is 6.58. The predicted molar refractivity (Wildman–Crippen MR) is 77.7 cm³/mol. The van der Waals surface area contributed by atoms with Gasteiger partial charge in [0, 0.05) is 19.0 Å². The van der Waals surface area contributed by atoms with Crippen molar-refractivity contribution in [2.45, 2.75) is 51.1 Å². The molecule has 0 spiro atoms. The Balaban J connectivity index is 1.53. The van der Waals surface area contributed by atoms with Crippen molar-refractivity contribution < 1.29 is 4.79 Å². The monoisotopic (exact) mass is 289 g/mol. The fraction of sp³-hybridized carbons (Fsp3) is 0.800. The molecule has 2 atom stereocenters. The molecule has 0 unspecified atom stereocenters. The third-order valence-electron chi connectivity index (χ3n) is 4.98. The maximum atomic E-state index is 12.8. The van der Waals surface area contributed by atoms with E-state index in [4.69, 9.17) is 4.98 Å². The highest BCUT2D eigenvalue weighted by molar-refractivity contribution is 5.79. The summed E-state index contributed by atoms with van der Waals surface area (Å²) in [5.41, 5.74) is 0. The van der Waals surface area contributed by atoms with Crippen molar-refractivity contribution in [3.63, 3.8) is 0 Å². The third kappa shape index (κ3) is 2.35. The molecular weight excluding hydrogens is 266 g/mol. The number of hydrogen-bond acceptors (Lipinski definition) is 4. The standard InChI is InChI=1S/C15H23N5O/c1-10-14-17-13(11-4-5-11)18-20(14)8-7-19(10)15(21)12-3-2-6-16-9-12/h10-12,16H,2-9H2,1H3/t10-,12-/m1/s1. The predicted octanol–water partition coefficient (Wildman–Crippen LogP) is 1.06. The lowest BCUT2D eigenvalue weighted by atomic mass is 9.97. The summed E-state index contributed by atoms with van der Waals surface area (Å²) >= 11 is 0. The van der Waals surface area contributed by atoms with Gasteiger partial charge in [-0.1, -0.05) is 0 Å². The van der Waals surface area contributed by atoms with Crippen molar-refractivity contribution in [2.75, 3.05) is 19.6 Å². The van der Waals surface area contributed by atoms with Crippen LogP contribution in [0, 0.1) is 5.92 Å². The van der Waals surface area contributed by atoms with E-state index in [1.54, 1.807) is 0 Å². The maximum Gasteiger partial charge on any atom is 0.227 e. The third-order valence-corrected chi connectivity index (χ3v) is 4.98. The summed E-state index contributed by atoms with van der Waals surface area (Å²) in [6, 6.07) is 0.0492. The molecule has 1 saturated heterocycles. The summed E-state index contributed by atoms with van der Waals surface area (Å²) < 4.78 is 2.02. The molecular formula is C15H23N5O. The maximum absolute atomic E-state index is 12.8. The molecule has 1 N–H and O–H groups in total. The molecule has 3 aliphatic rings. The van der Waals surface area contributed by atoms with Gasteiger partial charge < -0.3 is 10.2 Å². The van der Waals surface area contributed by atoms with Crippen LogP contribution < -0.4 is 5.32 Å². The number of nitrogens with zero attached hydrogens (tertiary/aromatic N) is 4. The molecule has 6 heteroatoms. The van der Waals surface area contributed by atoms with E-state index >= 15 is 0 Å². The van der Waals surface area contributed by atoms with E-state index in [1.807, 2.05) is 9.58 Å². The van der Waals surface area contributed by atoms with Gasteiger partial charge in [0.1, 0.15) is 5.82 Å². The normalized spacial score (nSPS) is 29.3. The molecule has 1 saturated carbocycles.